The molecule has 0 heterocycles. The predicted octanol–water partition coefficient (Wildman–Crippen LogP) is 4.73. The van der Waals surface area contributed by atoms with Gasteiger partial charge in [-0.3, -0.25) is 0 Å². The Balaban J connectivity index is 2.07. The summed E-state index contributed by atoms with van der Waals surface area (Å²) in [6.45, 7) is 0. The first-order valence-corrected chi connectivity index (χ1v) is 7.61. The average molecular weight is 337 g/mol. The summed E-state index contributed by atoms with van der Waals surface area (Å²) in [6, 6.07) is 17.9. The number of benzene rings is 3. The number of aromatic hydroxyl groups is 1. The summed E-state index contributed by atoms with van der Waals surface area (Å²) in [5.41, 5.74) is 2.67. The molecule has 0 atom stereocenters. The zero-order valence-corrected chi connectivity index (χ0v) is 13.5. The van der Waals surface area contributed by atoms with Crippen LogP contribution in [-0.2, 0) is 4.74 Å². The van der Waals surface area contributed by atoms with E-state index in [1.165, 1.54) is 19.2 Å². The molecule has 3 aromatic rings. The van der Waals surface area contributed by atoms with Gasteiger partial charge in [0, 0.05) is 5.69 Å². The second-order valence-electron chi connectivity index (χ2n) is 5.44. The molecule has 2 N–H and O–H groups in total. The molecule has 0 aromatic heterocycles. The highest BCUT2D eigenvalue weighted by atomic mass is 19.1. The fourth-order valence-electron chi connectivity index (χ4n) is 2.51. The monoisotopic (exact) mass is 337 g/mol. The number of nitrogens with one attached hydrogen (secondary N) is 1. The number of hydrogen-bond donors (Lipinski definition) is 2. The number of anilines is 2. The molecule has 25 heavy (non-hydrogen) atoms. The lowest BCUT2D eigenvalue weighted by Crippen LogP contribution is -2.03. The molecule has 0 amide bonds. The second kappa shape index (κ2) is 7.05. The van der Waals surface area contributed by atoms with Crippen molar-refractivity contribution in [3.63, 3.8) is 0 Å². The molecule has 0 aliphatic heterocycles. The number of methoxy groups -OCH3 is 1. The summed E-state index contributed by atoms with van der Waals surface area (Å²) in [5.74, 6) is -0.784. The van der Waals surface area contributed by atoms with E-state index in [1.807, 2.05) is 0 Å². The standard InChI is InChI=1S/C20H16FNO3/c1-25-20(24)15-9-14(13-5-4-6-16(21)10-13)11-17(12-15)22-18-7-2-3-8-19(18)23/h2-12,22-23H,1H3. The van der Waals surface area contributed by atoms with E-state index < -0.39 is 5.97 Å². The lowest BCUT2D eigenvalue weighted by atomic mass is 10.0. The molecule has 3 aromatic carbocycles. The van der Waals surface area contributed by atoms with Gasteiger partial charge in [0.25, 0.3) is 0 Å². The van der Waals surface area contributed by atoms with Crippen LogP contribution in [0.4, 0.5) is 15.8 Å². The molecular weight excluding hydrogens is 321 g/mol. The number of hydrogen-bond acceptors (Lipinski definition) is 4. The zero-order valence-electron chi connectivity index (χ0n) is 13.5. The molecule has 0 saturated heterocycles. The Morgan fingerprint density at radius 3 is 2.52 bits per heavy atom. The van der Waals surface area contributed by atoms with Gasteiger partial charge in [0.05, 0.1) is 18.4 Å². The normalized spacial score (nSPS) is 10.3. The molecule has 0 aliphatic rings. The fourth-order valence-corrected chi connectivity index (χ4v) is 2.51. The summed E-state index contributed by atoms with van der Waals surface area (Å²) in [5, 5.41) is 13.0. The van der Waals surface area contributed by atoms with Crippen LogP contribution in [-0.4, -0.2) is 18.2 Å². The number of esters is 1. The van der Waals surface area contributed by atoms with Gasteiger partial charge in [0.2, 0.25) is 0 Å². The SMILES string of the molecule is COC(=O)c1cc(Nc2ccccc2O)cc(-c2cccc(F)c2)c1. The average Bonchev–Trinajstić information content (AvgIpc) is 2.62. The summed E-state index contributed by atoms with van der Waals surface area (Å²) in [4.78, 5) is 12.0. The molecule has 0 aliphatic carbocycles. The summed E-state index contributed by atoms with van der Waals surface area (Å²) < 4.78 is 18.3. The minimum Gasteiger partial charge on any atom is -0.506 e. The third kappa shape index (κ3) is 3.77. The number of halogens is 1. The van der Waals surface area contributed by atoms with Crippen molar-refractivity contribution < 1.29 is 19.0 Å². The van der Waals surface area contributed by atoms with E-state index in [2.05, 4.69) is 5.32 Å². The molecule has 5 heteroatoms. The zero-order chi connectivity index (χ0) is 17.8. The largest absolute Gasteiger partial charge is 0.506 e. The maximum Gasteiger partial charge on any atom is 0.337 e. The van der Waals surface area contributed by atoms with Crippen molar-refractivity contribution in [2.24, 2.45) is 0 Å². The van der Waals surface area contributed by atoms with Crippen LogP contribution in [0.1, 0.15) is 10.4 Å². The first-order valence-electron chi connectivity index (χ1n) is 7.61. The molecule has 4 nitrogen and oxygen atoms in total. The third-order valence-corrected chi connectivity index (χ3v) is 3.70. The van der Waals surface area contributed by atoms with Crippen molar-refractivity contribution in [2.75, 3.05) is 12.4 Å². The van der Waals surface area contributed by atoms with E-state index in [0.717, 1.165) is 0 Å². The van der Waals surface area contributed by atoms with E-state index in [9.17, 15) is 14.3 Å². The highest BCUT2D eigenvalue weighted by molar-refractivity contribution is 5.93. The van der Waals surface area contributed by atoms with Gasteiger partial charge >= 0.3 is 5.97 Å². The maximum absolute atomic E-state index is 13.5. The van der Waals surface area contributed by atoms with Crippen LogP contribution in [0.5, 0.6) is 5.75 Å². The molecule has 0 radical (unpaired) electrons. The Hall–Kier alpha value is -3.34. The van der Waals surface area contributed by atoms with E-state index in [-0.39, 0.29) is 11.6 Å². The first kappa shape index (κ1) is 16.5. The van der Waals surface area contributed by atoms with Crippen LogP contribution in [0.15, 0.2) is 66.7 Å². The first-order chi connectivity index (χ1) is 12.1. The summed E-state index contributed by atoms with van der Waals surface area (Å²) >= 11 is 0. The number of carbonyl (C=O) groups is 1. The van der Waals surface area contributed by atoms with E-state index in [1.54, 1.807) is 54.6 Å². The highest BCUT2D eigenvalue weighted by Gasteiger charge is 2.11. The van der Waals surface area contributed by atoms with Crippen molar-refractivity contribution >= 4 is 17.3 Å². The molecular formula is C20H16FNO3. The minimum atomic E-state index is -0.501. The van der Waals surface area contributed by atoms with E-state index in [4.69, 9.17) is 4.74 Å². The maximum atomic E-state index is 13.5. The Morgan fingerprint density at radius 2 is 1.80 bits per heavy atom. The highest BCUT2D eigenvalue weighted by Crippen LogP contribution is 2.30. The second-order valence-corrected chi connectivity index (χ2v) is 5.44. The molecule has 0 fully saturated rings. The number of rotatable bonds is 4. The number of phenols is 1. The van der Waals surface area contributed by atoms with Gasteiger partial charge in [-0.2, -0.15) is 0 Å². The van der Waals surface area contributed by atoms with Crippen molar-refractivity contribution in [3.05, 3.63) is 78.1 Å². The lowest BCUT2D eigenvalue weighted by molar-refractivity contribution is 0.0601. The number of phenolic OH excluding ortho intramolecular Hbond substituents is 1. The van der Waals surface area contributed by atoms with Crippen molar-refractivity contribution in [1.29, 1.82) is 0 Å². The van der Waals surface area contributed by atoms with Crippen molar-refractivity contribution in [2.45, 2.75) is 0 Å². The van der Waals surface area contributed by atoms with E-state index >= 15 is 0 Å². The van der Waals surface area contributed by atoms with Gasteiger partial charge in [0.1, 0.15) is 11.6 Å². The number of para-hydroxylation sites is 2. The van der Waals surface area contributed by atoms with Crippen LogP contribution in [0.2, 0.25) is 0 Å². The Labute approximate surface area is 144 Å². The predicted molar refractivity (Wildman–Crippen MR) is 94.6 cm³/mol. The van der Waals surface area contributed by atoms with Crippen LogP contribution >= 0.6 is 0 Å². The third-order valence-electron chi connectivity index (χ3n) is 3.70. The van der Waals surface area contributed by atoms with Crippen molar-refractivity contribution in [3.8, 4) is 16.9 Å². The minimum absolute atomic E-state index is 0.0817. The van der Waals surface area contributed by atoms with Crippen LogP contribution < -0.4 is 5.32 Å². The summed E-state index contributed by atoms with van der Waals surface area (Å²) in [6.07, 6.45) is 0. The molecule has 0 saturated carbocycles. The Kier molecular flexibility index (Phi) is 4.66. The quantitative estimate of drug-likeness (QED) is 0.534. The Morgan fingerprint density at radius 1 is 1.00 bits per heavy atom. The van der Waals surface area contributed by atoms with Gasteiger partial charge in [-0.15, -0.1) is 0 Å². The molecule has 126 valence electrons. The van der Waals surface area contributed by atoms with Gasteiger partial charge < -0.3 is 15.2 Å². The molecule has 3 rings (SSSR count). The van der Waals surface area contributed by atoms with Crippen LogP contribution in [0.25, 0.3) is 11.1 Å². The van der Waals surface area contributed by atoms with Gasteiger partial charge in [-0.25, -0.2) is 9.18 Å². The van der Waals surface area contributed by atoms with Crippen molar-refractivity contribution in [1.82, 2.24) is 0 Å². The molecule has 0 unspecified atom stereocenters. The van der Waals surface area contributed by atoms with Gasteiger partial charge in [0.15, 0.2) is 0 Å². The molecule has 0 bridgehead atoms. The summed E-state index contributed by atoms with van der Waals surface area (Å²) in [7, 11) is 1.30. The lowest BCUT2D eigenvalue weighted by Gasteiger charge is -2.12. The van der Waals surface area contributed by atoms with Crippen LogP contribution in [0, 0.1) is 5.82 Å². The topological polar surface area (TPSA) is 58.6 Å². The van der Waals surface area contributed by atoms with Gasteiger partial charge in [-0.05, 0) is 53.6 Å². The fraction of sp³-hybridized carbons (Fsp3) is 0.0500. The van der Waals surface area contributed by atoms with Crippen LogP contribution in [0.3, 0.4) is 0 Å². The van der Waals surface area contributed by atoms with Gasteiger partial charge in [-0.1, -0.05) is 24.3 Å². The number of carbonyl (C=O) groups excluding carboxylic acids is 1. The number of ether oxygens (including phenoxy) is 1. The Bertz CT molecular complexity index is 924. The van der Waals surface area contributed by atoms with E-state index in [0.29, 0.717) is 28.1 Å². The molecule has 0 spiro atoms. The smallest absolute Gasteiger partial charge is 0.337 e.